The van der Waals surface area contributed by atoms with Crippen LogP contribution in [-0.4, -0.2) is 31.4 Å². The van der Waals surface area contributed by atoms with Gasteiger partial charge < -0.3 is 19.8 Å². The number of thiophene rings is 1. The van der Waals surface area contributed by atoms with Crippen LogP contribution in [0.3, 0.4) is 0 Å². The Bertz CT molecular complexity index is 834. The van der Waals surface area contributed by atoms with Crippen LogP contribution in [0.2, 0.25) is 0 Å². The first-order chi connectivity index (χ1) is 11.8. The zero-order valence-corrected chi connectivity index (χ0v) is 15.6. The second kappa shape index (κ2) is 7.52. The maximum Gasteiger partial charge on any atom is 0.341 e. The number of carbonyl (C=O) groups excluding carboxylic acids is 3. The second-order valence-electron chi connectivity index (χ2n) is 5.34. The molecule has 2 aromatic rings. The van der Waals surface area contributed by atoms with Gasteiger partial charge in [-0.25, -0.2) is 4.79 Å². The van der Waals surface area contributed by atoms with Gasteiger partial charge in [-0.3, -0.25) is 9.59 Å². The van der Waals surface area contributed by atoms with Gasteiger partial charge in [-0.05, 0) is 39.3 Å². The summed E-state index contributed by atoms with van der Waals surface area (Å²) in [7, 11) is 1.50. The number of esters is 1. The number of nitrogens with one attached hydrogen (secondary N) is 2. The van der Waals surface area contributed by atoms with Crippen LogP contribution in [0.5, 0.6) is 0 Å². The summed E-state index contributed by atoms with van der Waals surface area (Å²) < 4.78 is 10.4. The highest BCUT2D eigenvalue weighted by Crippen LogP contribution is 2.34. The number of aryl methyl sites for hydroxylation is 2. The Morgan fingerprint density at radius 2 is 1.88 bits per heavy atom. The third-order valence-corrected chi connectivity index (χ3v) is 4.78. The fourth-order valence-corrected chi connectivity index (χ4v) is 3.54. The highest BCUT2D eigenvalue weighted by molar-refractivity contribution is 7.18. The highest BCUT2D eigenvalue weighted by Gasteiger charge is 2.27. The molecular formula is C17H20N2O5S. The van der Waals surface area contributed by atoms with E-state index >= 15 is 0 Å². The molecule has 0 aliphatic carbocycles. The summed E-state index contributed by atoms with van der Waals surface area (Å²) in [6.45, 7) is 6.96. The van der Waals surface area contributed by atoms with Crippen molar-refractivity contribution in [2.45, 2.75) is 27.7 Å². The molecule has 2 aromatic heterocycles. The predicted molar refractivity (Wildman–Crippen MR) is 94.5 cm³/mol. The molecule has 2 N–H and O–H groups in total. The topological polar surface area (TPSA) is 97.6 Å². The summed E-state index contributed by atoms with van der Waals surface area (Å²) >= 11 is 1.03. The van der Waals surface area contributed by atoms with Gasteiger partial charge in [0.25, 0.3) is 11.8 Å². The molecule has 0 radical (unpaired) electrons. The van der Waals surface area contributed by atoms with Gasteiger partial charge in [-0.1, -0.05) is 0 Å². The Labute approximate surface area is 149 Å². The van der Waals surface area contributed by atoms with Crippen molar-refractivity contribution < 1.29 is 23.5 Å². The SMILES string of the molecule is CCOC(=O)c1c(NC(=O)c2cc(C)oc2C)sc(C(=O)NC)c1C. The van der Waals surface area contributed by atoms with Gasteiger partial charge >= 0.3 is 5.97 Å². The third kappa shape index (κ3) is 3.74. The van der Waals surface area contributed by atoms with Gasteiger partial charge in [-0.2, -0.15) is 0 Å². The zero-order chi connectivity index (χ0) is 18.7. The molecule has 7 nitrogen and oxygen atoms in total. The summed E-state index contributed by atoms with van der Waals surface area (Å²) in [5, 5.41) is 5.50. The lowest BCUT2D eigenvalue weighted by molar-refractivity contribution is 0.0527. The van der Waals surface area contributed by atoms with Crippen molar-refractivity contribution >= 4 is 34.1 Å². The van der Waals surface area contributed by atoms with Crippen LogP contribution in [0.4, 0.5) is 5.00 Å². The first kappa shape index (κ1) is 18.7. The summed E-state index contributed by atoms with van der Waals surface area (Å²) in [6.07, 6.45) is 0. The minimum absolute atomic E-state index is 0.191. The Hall–Kier alpha value is -2.61. The monoisotopic (exact) mass is 364 g/mol. The standard InChI is InChI=1S/C17H20N2O5S/c1-6-23-17(22)12-9(3)13(15(21)18-5)25-16(12)19-14(20)11-7-8(2)24-10(11)4/h7H,6H2,1-5H3,(H,18,21)(H,19,20). The van der Waals surface area contributed by atoms with E-state index in [9.17, 15) is 14.4 Å². The summed E-state index contributed by atoms with van der Waals surface area (Å²) in [5.74, 6) is -0.232. The fourth-order valence-electron chi connectivity index (χ4n) is 2.41. The average molecular weight is 364 g/mol. The smallest absolute Gasteiger partial charge is 0.341 e. The van der Waals surface area contributed by atoms with Crippen molar-refractivity contribution in [1.82, 2.24) is 5.32 Å². The van der Waals surface area contributed by atoms with Crippen molar-refractivity contribution in [2.24, 2.45) is 0 Å². The van der Waals surface area contributed by atoms with Gasteiger partial charge in [0, 0.05) is 7.05 Å². The maximum atomic E-state index is 12.5. The lowest BCUT2D eigenvalue weighted by Gasteiger charge is -2.06. The Kier molecular flexibility index (Phi) is 5.63. The Balaban J connectivity index is 2.44. The van der Waals surface area contributed by atoms with E-state index in [-0.39, 0.29) is 23.1 Å². The van der Waals surface area contributed by atoms with Crippen molar-refractivity contribution in [2.75, 3.05) is 19.0 Å². The van der Waals surface area contributed by atoms with E-state index in [0.717, 1.165) is 11.3 Å². The Morgan fingerprint density at radius 1 is 1.20 bits per heavy atom. The number of ether oxygens (including phenoxy) is 1. The minimum Gasteiger partial charge on any atom is -0.466 e. The molecule has 0 fully saturated rings. The molecule has 0 saturated carbocycles. The van der Waals surface area contributed by atoms with Gasteiger partial charge in [0.15, 0.2) is 0 Å². The van der Waals surface area contributed by atoms with E-state index in [1.54, 1.807) is 33.8 Å². The van der Waals surface area contributed by atoms with Crippen LogP contribution in [0, 0.1) is 20.8 Å². The predicted octanol–water partition coefficient (Wildman–Crippen LogP) is 3.05. The fraction of sp³-hybridized carbons (Fsp3) is 0.353. The van der Waals surface area contributed by atoms with Crippen LogP contribution in [0.15, 0.2) is 10.5 Å². The number of furan rings is 1. The van der Waals surface area contributed by atoms with Gasteiger partial charge in [0.05, 0.1) is 22.6 Å². The van der Waals surface area contributed by atoms with Crippen molar-refractivity contribution in [3.05, 3.63) is 39.2 Å². The molecule has 0 unspecified atom stereocenters. The molecule has 0 aromatic carbocycles. The van der Waals surface area contributed by atoms with Crippen LogP contribution < -0.4 is 10.6 Å². The Morgan fingerprint density at radius 3 is 2.40 bits per heavy atom. The summed E-state index contributed by atoms with van der Waals surface area (Å²) in [5.41, 5.74) is 1.04. The van der Waals surface area contributed by atoms with Crippen LogP contribution in [0.1, 0.15) is 54.4 Å². The molecule has 25 heavy (non-hydrogen) atoms. The summed E-state index contributed by atoms with van der Waals surface area (Å²) in [6, 6.07) is 1.62. The normalized spacial score (nSPS) is 10.4. The molecular weight excluding hydrogens is 344 g/mol. The van der Waals surface area contributed by atoms with Crippen molar-refractivity contribution in [3.8, 4) is 0 Å². The number of amides is 2. The largest absolute Gasteiger partial charge is 0.466 e. The van der Waals surface area contributed by atoms with E-state index in [2.05, 4.69) is 10.6 Å². The number of rotatable bonds is 5. The van der Waals surface area contributed by atoms with Crippen molar-refractivity contribution in [3.63, 3.8) is 0 Å². The van der Waals surface area contributed by atoms with Crippen LogP contribution in [-0.2, 0) is 4.74 Å². The lowest BCUT2D eigenvalue weighted by Crippen LogP contribution is -2.18. The average Bonchev–Trinajstić information content (AvgIpc) is 3.06. The van der Waals surface area contributed by atoms with E-state index < -0.39 is 11.9 Å². The third-order valence-electron chi connectivity index (χ3n) is 3.57. The van der Waals surface area contributed by atoms with E-state index in [4.69, 9.17) is 9.15 Å². The number of carbonyl (C=O) groups is 3. The number of hydrogen-bond acceptors (Lipinski definition) is 6. The lowest BCUT2D eigenvalue weighted by atomic mass is 10.1. The number of hydrogen-bond donors (Lipinski definition) is 2. The van der Waals surface area contributed by atoms with E-state index in [1.807, 2.05) is 0 Å². The molecule has 0 aliphatic rings. The zero-order valence-electron chi connectivity index (χ0n) is 14.7. The van der Waals surface area contributed by atoms with E-state index in [1.165, 1.54) is 7.05 Å². The van der Waals surface area contributed by atoms with Gasteiger partial charge in [0.2, 0.25) is 0 Å². The van der Waals surface area contributed by atoms with Gasteiger partial charge in [0.1, 0.15) is 16.5 Å². The van der Waals surface area contributed by atoms with Gasteiger partial charge in [-0.15, -0.1) is 11.3 Å². The first-order valence-electron chi connectivity index (χ1n) is 7.71. The molecule has 0 atom stereocenters. The first-order valence-corrected chi connectivity index (χ1v) is 8.52. The molecule has 0 spiro atoms. The molecule has 8 heteroatoms. The van der Waals surface area contributed by atoms with Crippen molar-refractivity contribution in [1.29, 1.82) is 0 Å². The molecule has 0 saturated heterocycles. The number of anilines is 1. The molecule has 2 heterocycles. The van der Waals surface area contributed by atoms with Crippen LogP contribution >= 0.6 is 11.3 Å². The molecule has 2 rings (SSSR count). The van der Waals surface area contributed by atoms with Crippen LogP contribution in [0.25, 0.3) is 0 Å². The van der Waals surface area contributed by atoms with E-state index in [0.29, 0.717) is 27.5 Å². The minimum atomic E-state index is -0.582. The maximum absolute atomic E-state index is 12.5. The second-order valence-corrected chi connectivity index (χ2v) is 6.36. The molecule has 0 bridgehead atoms. The molecule has 0 aliphatic heterocycles. The quantitative estimate of drug-likeness (QED) is 0.795. The highest BCUT2D eigenvalue weighted by atomic mass is 32.1. The molecule has 2 amide bonds. The summed E-state index contributed by atoms with van der Waals surface area (Å²) in [4.78, 5) is 37.2. The molecule has 134 valence electrons.